The largest absolute Gasteiger partial charge is 0.495 e. The fourth-order valence-corrected chi connectivity index (χ4v) is 4.53. The number of nitrogens with zero attached hydrogens (tertiary/aromatic N) is 1. The van der Waals surface area contributed by atoms with Gasteiger partial charge in [0.15, 0.2) is 0 Å². The highest BCUT2D eigenvalue weighted by atomic mass is 79.9. The van der Waals surface area contributed by atoms with E-state index in [4.69, 9.17) is 4.74 Å². The average Bonchev–Trinajstić information content (AvgIpc) is 2.55. The van der Waals surface area contributed by atoms with E-state index in [0.717, 1.165) is 12.0 Å². The first-order valence-electron chi connectivity index (χ1n) is 7.36. The molecule has 23 heavy (non-hydrogen) atoms. The molecule has 0 unspecified atom stereocenters. The van der Waals surface area contributed by atoms with Crippen LogP contribution in [0.3, 0.4) is 0 Å². The summed E-state index contributed by atoms with van der Waals surface area (Å²) in [5, 5.41) is 0. The summed E-state index contributed by atoms with van der Waals surface area (Å²) in [4.78, 5) is 0.179. The molecular formula is C17H20BrNO3S. The molecule has 4 nitrogen and oxygen atoms in total. The highest BCUT2D eigenvalue weighted by Gasteiger charge is 2.27. The van der Waals surface area contributed by atoms with Crippen molar-refractivity contribution in [2.24, 2.45) is 0 Å². The van der Waals surface area contributed by atoms with E-state index in [2.05, 4.69) is 15.9 Å². The summed E-state index contributed by atoms with van der Waals surface area (Å²) in [5.41, 5.74) is 0.957. The smallest absolute Gasteiger partial charge is 0.247 e. The van der Waals surface area contributed by atoms with E-state index in [0.29, 0.717) is 23.3 Å². The van der Waals surface area contributed by atoms with Crippen LogP contribution in [-0.4, -0.2) is 26.4 Å². The number of methoxy groups -OCH3 is 1. The molecule has 0 saturated heterocycles. The van der Waals surface area contributed by atoms with Crippen LogP contribution in [0.2, 0.25) is 0 Å². The van der Waals surface area contributed by atoms with Gasteiger partial charge in [0.05, 0.1) is 7.11 Å². The van der Waals surface area contributed by atoms with Gasteiger partial charge >= 0.3 is 0 Å². The normalized spacial score (nSPS) is 11.7. The average molecular weight is 398 g/mol. The van der Waals surface area contributed by atoms with Crippen LogP contribution in [0.5, 0.6) is 5.75 Å². The molecule has 0 spiro atoms. The molecule has 0 aromatic heterocycles. The van der Waals surface area contributed by atoms with Gasteiger partial charge in [-0.05, 0) is 30.2 Å². The minimum absolute atomic E-state index is 0.179. The number of hydrogen-bond acceptors (Lipinski definition) is 3. The molecule has 2 rings (SSSR count). The highest BCUT2D eigenvalue weighted by molar-refractivity contribution is 9.10. The van der Waals surface area contributed by atoms with Gasteiger partial charge in [-0.3, -0.25) is 0 Å². The lowest BCUT2D eigenvalue weighted by Crippen LogP contribution is -2.31. The zero-order valence-corrected chi connectivity index (χ0v) is 15.6. The van der Waals surface area contributed by atoms with Crippen molar-refractivity contribution in [3.8, 4) is 5.75 Å². The monoisotopic (exact) mass is 397 g/mol. The van der Waals surface area contributed by atoms with Crippen LogP contribution in [0.25, 0.3) is 0 Å². The second-order valence-corrected chi connectivity index (χ2v) is 7.94. The zero-order valence-electron chi connectivity index (χ0n) is 13.2. The van der Waals surface area contributed by atoms with E-state index in [-0.39, 0.29) is 4.90 Å². The van der Waals surface area contributed by atoms with E-state index in [1.807, 2.05) is 37.3 Å². The first-order chi connectivity index (χ1) is 11.0. The Morgan fingerprint density at radius 2 is 1.83 bits per heavy atom. The van der Waals surface area contributed by atoms with Gasteiger partial charge in [0.2, 0.25) is 10.0 Å². The van der Waals surface area contributed by atoms with Crippen molar-refractivity contribution < 1.29 is 13.2 Å². The van der Waals surface area contributed by atoms with Crippen LogP contribution < -0.4 is 4.74 Å². The topological polar surface area (TPSA) is 46.6 Å². The predicted molar refractivity (Wildman–Crippen MR) is 95.0 cm³/mol. The molecule has 0 aliphatic rings. The Morgan fingerprint density at radius 1 is 1.13 bits per heavy atom. The van der Waals surface area contributed by atoms with Gasteiger partial charge in [0.1, 0.15) is 10.6 Å². The molecule has 0 heterocycles. The molecule has 0 amide bonds. The maximum absolute atomic E-state index is 13.1. The number of rotatable bonds is 7. The lowest BCUT2D eigenvalue weighted by Gasteiger charge is -2.23. The number of halogens is 1. The number of sulfonamides is 1. The second-order valence-electron chi connectivity index (χ2n) is 5.12. The SMILES string of the molecule is CCCN(Cc1ccccc1)S(=O)(=O)c1cc(Br)ccc1OC. The summed E-state index contributed by atoms with van der Waals surface area (Å²) in [6.07, 6.45) is 0.738. The number of benzene rings is 2. The first kappa shape index (κ1) is 18.0. The lowest BCUT2D eigenvalue weighted by atomic mass is 10.2. The van der Waals surface area contributed by atoms with E-state index < -0.39 is 10.0 Å². The first-order valence-corrected chi connectivity index (χ1v) is 9.60. The van der Waals surface area contributed by atoms with Gasteiger partial charge in [-0.1, -0.05) is 53.2 Å². The Labute approximate surface area is 146 Å². The molecule has 0 radical (unpaired) electrons. The molecule has 0 fully saturated rings. The zero-order chi connectivity index (χ0) is 16.9. The van der Waals surface area contributed by atoms with Gasteiger partial charge in [-0.25, -0.2) is 8.42 Å². The maximum atomic E-state index is 13.1. The van der Waals surface area contributed by atoms with Gasteiger partial charge in [-0.15, -0.1) is 0 Å². The van der Waals surface area contributed by atoms with Gasteiger partial charge in [0, 0.05) is 17.6 Å². The fraction of sp³-hybridized carbons (Fsp3) is 0.294. The van der Waals surface area contributed by atoms with Crippen molar-refractivity contribution in [2.75, 3.05) is 13.7 Å². The summed E-state index contributed by atoms with van der Waals surface area (Å²) in [7, 11) is -2.17. The molecule has 2 aromatic carbocycles. The van der Waals surface area contributed by atoms with E-state index >= 15 is 0 Å². The maximum Gasteiger partial charge on any atom is 0.247 e. The van der Waals surface area contributed by atoms with Crippen molar-refractivity contribution in [1.82, 2.24) is 4.31 Å². The fourth-order valence-electron chi connectivity index (χ4n) is 2.31. The molecule has 0 aliphatic carbocycles. The van der Waals surface area contributed by atoms with E-state index in [1.54, 1.807) is 18.2 Å². The second kappa shape index (κ2) is 7.95. The van der Waals surface area contributed by atoms with Crippen LogP contribution in [0.15, 0.2) is 57.9 Å². The Balaban J connectivity index is 2.43. The molecule has 124 valence electrons. The van der Waals surface area contributed by atoms with Gasteiger partial charge in [0.25, 0.3) is 0 Å². The quantitative estimate of drug-likeness (QED) is 0.707. The molecule has 0 aliphatic heterocycles. The van der Waals surface area contributed by atoms with E-state index in [9.17, 15) is 8.42 Å². The summed E-state index contributed by atoms with van der Waals surface area (Å²) in [5.74, 6) is 0.349. The van der Waals surface area contributed by atoms with Crippen LogP contribution >= 0.6 is 15.9 Å². The molecule has 2 aromatic rings. The van der Waals surface area contributed by atoms with Crippen LogP contribution in [-0.2, 0) is 16.6 Å². The third-order valence-corrected chi connectivity index (χ3v) is 5.78. The Kier molecular flexibility index (Phi) is 6.21. The van der Waals surface area contributed by atoms with Crippen molar-refractivity contribution in [2.45, 2.75) is 24.8 Å². The Hall–Kier alpha value is -1.37. The molecule has 6 heteroatoms. The summed E-state index contributed by atoms with van der Waals surface area (Å²) in [6, 6.07) is 14.6. The number of ether oxygens (including phenoxy) is 1. The van der Waals surface area contributed by atoms with Gasteiger partial charge in [-0.2, -0.15) is 4.31 Å². The van der Waals surface area contributed by atoms with Crippen LogP contribution in [0.1, 0.15) is 18.9 Å². The summed E-state index contributed by atoms with van der Waals surface area (Å²) < 4.78 is 33.6. The third-order valence-electron chi connectivity index (χ3n) is 3.42. The van der Waals surface area contributed by atoms with Gasteiger partial charge < -0.3 is 4.74 Å². The predicted octanol–water partition coefficient (Wildman–Crippen LogP) is 4.06. The van der Waals surface area contributed by atoms with Crippen molar-refractivity contribution in [3.63, 3.8) is 0 Å². The third kappa shape index (κ3) is 4.34. The molecule has 0 saturated carbocycles. The van der Waals surface area contributed by atoms with Crippen molar-refractivity contribution >= 4 is 26.0 Å². The molecular weight excluding hydrogens is 378 g/mol. The minimum Gasteiger partial charge on any atom is -0.495 e. The molecule has 0 bridgehead atoms. The minimum atomic E-state index is -3.65. The van der Waals surface area contributed by atoms with E-state index in [1.165, 1.54) is 11.4 Å². The van der Waals surface area contributed by atoms with Crippen LogP contribution in [0, 0.1) is 0 Å². The molecule has 0 N–H and O–H groups in total. The Bertz CT molecular complexity index is 748. The molecule has 0 atom stereocenters. The lowest BCUT2D eigenvalue weighted by molar-refractivity contribution is 0.385. The van der Waals surface area contributed by atoms with Crippen molar-refractivity contribution in [1.29, 1.82) is 0 Å². The van der Waals surface area contributed by atoms with Crippen molar-refractivity contribution in [3.05, 3.63) is 58.6 Å². The standard InChI is InChI=1S/C17H20BrNO3S/c1-3-11-19(13-14-7-5-4-6-8-14)23(20,21)17-12-15(18)9-10-16(17)22-2/h4-10,12H,3,11,13H2,1-2H3. The summed E-state index contributed by atoms with van der Waals surface area (Å²) in [6.45, 7) is 2.76. The van der Waals surface area contributed by atoms with Crippen LogP contribution in [0.4, 0.5) is 0 Å². The summed E-state index contributed by atoms with van der Waals surface area (Å²) >= 11 is 3.33. The Morgan fingerprint density at radius 3 is 2.43 bits per heavy atom. The number of hydrogen-bond donors (Lipinski definition) is 0. The highest BCUT2D eigenvalue weighted by Crippen LogP contribution is 2.30.